The van der Waals surface area contributed by atoms with Crippen LogP contribution in [0, 0.1) is 5.92 Å². The van der Waals surface area contributed by atoms with Gasteiger partial charge < -0.3 is 44.6 Å². The van der Waals surface area contributed by atoms with Crippen LogP contribution in [0.3, 0.4) is 0 Å². The molecule has 4 heterocycles. The number of hydrogen-bond acceptors (Lipinski definition) is 8. The molecule has 0 radical (unpaired) electrons. The van der Waals surface area contributed by atoms with E-state index in [0.717, 1.165) is 81.6 Å². The Morgan fingerprint density at radius 3 is 1.86 bits per heavy atom. The van der Waals surface area contributed by atoms with Gasteiger partial charge in [0, 0.05) is 37.2 Å². The van der Waals surface area contributed by atoms with Crippen LogP contribution in [0.2, 0.25) is 0 Å². The molecule has 0 aliphatic carbocycles. The number of carbonyl (C=O) groups is 4. The molecule has 1 unspecified atom stereocenters. The number of alkyl carbamates (subject to hydrolysis) is 2. The number of carbonyl (C=O) groups excluding carboxylic acids is 4. The van der Waals surface area contributed by atoms with Crippen molar-refractivity contribution in [3.05, 3.63) is 90.5 Å². The van der Waals surface area contributed by atoms with E-state index in [1.54, 1.807) is 6.92 Å². The summed E-state index contributed by atoms with van der Waals surface area (Å²) in [6.07, 6.45) is 3.28. The fraction of sp³-hybridized carbons (Fsp3) is 0.400. The van der Waals surface area contributed by atoms with Gasteiger partial charge in [-0.15, -0.1) is 0 Å². The van der Waals surface area contributed by atoms with Crippen LogP contribution in [0.1, 0.15) is 70.1 Å². The Hall–Kier alpha value is -6.15. The maximum Gasteiger partial charge on any atom is 0.407 e. The molecule has 0 spiro atoms. The van der Waals surface area contributed by atoms with Crippen molar-refractivity contribution in [1.82, 2.24) is 35.4 Å². The Morgan fingerprint density at radius 1 is 0.661 bits per heavy atom. The molecule has 3 aromatic carbocycles. The molecule has 7 rings (SSSR count). The van der Waals surface area contributed by atoms with Gasteiger partial charge in [-0.1, -0.05) is 62.4 Å². The fourth-order valence-corrected chi connectivity index (χ4v) is 8.29. The average molecular weight is 804 g/mol. The highest BCUT2D eigenvalue weighted by atomic mass is 16.5. The third-order valence-corrected chi connectivity index (χ3v) is 11.7. The van der Waals surface area contributed by atoms with Crippen LogP contribution in [0.4, 0.5) is 9.59 Å². The highest BCUT2D eigenvalue weighted by molar-refractivity contribution is 5.91. The standard InChI is InChI=1S/C45H53N7O7/c1-26(2)39(49-44(55)58-5)42(53)52-22-8-10-38(52)41-46-25-36(48-41)33-18-17-31-23-30(15-16-32(31)24-33)28-11-13-29(14-12-28)34-19-20-35(47-34)37-9-7-21-51(37)43(54)40(27(3)57-4)50-45(56)59-6/h11-20,23-27,37-40,47H,7-10,21-22H2,1-6H3,(H,46,48)(H,49,55)(H,50,56)/t27-,37?,38+,39+,40+/m1/s1. The van der Waals surface area contributed by atoms with Crippen molar-refractivity contribution in [2.24, 2.45) is 5.92 Å². The Kier molecular flexibility index (Phi) is 12.4. The number of benzene rings is 3. The lowest BCUT2D eigenvalue weighted by molar-refractivity contribution is -0.137. The summed E-state index contributed by atoms with van der Waals surface area (Å²) in [5, 5.41) is 7.55. The van der Waals surface area contributed by atoms with Gasteiger partial charge in [-0.05, 0) is 90.3 Å². The third-order valence-electron chi connectivity index (χ3n) is 11.7. The molecule has 0 saturated carbocycles. The number of H-pyrrole nitrogens is 2. The van der Waals surface area contributed by atoms with Gasteiger partial charge in [-0.25, -0.2) is 14.6 Å². The molecule has 2 aromatic heterocycles. The van der Waals surface area contributed by atoms with Crippen LogP contribution in [0.5, 0.6) is 0 Å². The molecule has 2 fully saturated rings. The largest absolute Gasteiger partial charge is 0.453 e. The van der Waals surface area contributed by atoms with Gasteiger partial charge in [0.15, 0.2) is 0 Å². The third kappa shape index (κ3) is 8.68. The minimum Gasteiger partial charge on any atom is -0.453 e. The molecule has 2 saturated heterocycles. The van der Waals surface area contributed by atoms with E-state index < -0.39 is 30.4 Å². The molecule has 5 atom stereocenters. The summed E-state index contributed by atoms with van der Waals surface area (Å²) >= 11 is 0. The molecule has 4 amide bonds. The maximum atomic E-state index is 13.7. The summed E-state index contributed by atoms with van der Waals surface area (Å²) in [6.45, 7) is 6.74. The molecule has 310 valence electrons. The van der Waals surface area contributed by atoms with Crippen LogP contribution in [-0.2, 0) is 23.8 Å². The Labute approximate surface area is 344 Å². The van der Waals surface area contributed by atoms with Gasteiger partial charge >= 0.3 is 12.2 Å². The van der Waals surface area contributed by atoms with E-state index in [1.165, 1.54) is 21.3 Å². The van der Waals surface area contributed by atoms with E-state index in [-0.39, 0.29) is 29.8 Å². The molecule has 2 aliphatic heterocycles. The van der Waals surface area contributed by atoms with Crippen LogP contribution in [-0.4, -0.2) is 101 Å². The van der Waals surface area contributed by atoms with Gasteiger partial charge in [-0.2, -0.15) is 0 Å². The number of aromatic nitrogens is 3. The number of rotatable bonds is 12. The van der Waals surface area contributed by atoms with Crippen molar-refractivity contribution in [1.29, 1.82) is 0 Å². The van der Waals surface area contributed by atoms with E-state index in [9.17, 15) is 19.2 Å². The van der Waals surface area contributed by atoms with Crippen LogP contribution < -0.4 is 10.6 Å². The first-order valence-corrected chi connectivity index (χ1v) is 20.2. The predicted molar refractivity (Wildman–Crippen MR) is 224 cm³/mol. The minimum absolute atomic E-state index is 0.106. The summed E-state index contributed by atoms with van der Waals surface area (Å²) in [7, 11) is 4.08. The van der Waals surface area contributed by atoms with E-state index in [4.69, 9.17) is 19.2 Å². The number of ether oxygens (including phenoxy) is 3. The van der Waals surface area contributed by atoms with Crippen LogP contribution >= 0.6 is 0 Å². The summed E-state index contributed by atoms with van der Waals surface area (Å²) in [4.78, 5) is 66.6. The lowest BCUT2D eigenvalue weighted by Crippen LogP contribution is -2.54. The summed E-state index contributed by atoms with van der Waals surface area (Å²) in [5.74, 6) is 0.281. The molecule has 0 bridgehead atoms. The molecule has 14 heteroatoms. The molecule has 14 nitrogen and oxygen atoms in total. The molecular weight excluding hydrogens is 751 g/mol. The number of nitrogens with zero attached hydrogens (tertiary/aromatic N) is 3. The number of fused-ring (bicyclic) bond motifs is 1. The van der Waals surface area contributed by atoms with Crippen molar-refractivity contribution in [3.63, 3.8) is 0 Å². The van der Waals surface area contributed by atoms with Gasteiger partial charge in [0.25, 0.3) is 0 Å². The number of imidazole rings is 1. The zero-order valence-electron chi connectivity index (χ0n) is 34.4. The number of nitrogens with one attached hydrogen (secondary N) is 4. The number of aromatic amines is 2. The Bertz CT molecular complexity index is 2300. The predicted octanol–water partition coefficient (Wildman–Crippen LogP) is 7.36. The number of hydrogen-bond donors (Lipinski definition) is 4. The second-order valence-corrected chi connectivity index (χ2v) is 15.7. The Morgan fingerprint density at radius 2 is 1.22 bits per heavy atom. The van der Waals surface area contributed by atoms with Crippen molar-refractivity contribution < 1.29 is 33.4 Å². The smallest absolute Gasteiger partial charge is 0.407 e. The summed E-state index contributed by atoms with van der Waals surface area (Å²) in [5.41, 5.74) is 6.98. The van der Waals surface area contributed by atoms with Crippen LogP contribution in [0.15, 0.2) is 79.0 Å². The normalized spacial score (nSPS) is 18.2. The van der Waals surface area contributed by atoms with Crippen LogP contribution in [0.25, 0.3) is 44.4 Å². The van der Waals surface area contributed by atoms with E-state index in [0.29, 0.717) is 13.1 Å². The SMILES string of the molecule is COC(=O)N[C@H](C(=O)N1CCC[C@H]1c1ncc(-c2ccc3cc(-c4ccc(-c5ccc(C6CCCN6C(=O)[C@@H](NC(=O)OC)[C@@H](C)OC)[nH]5)cc4)ccc3c2)[nH]1)C(C)C. The summed E-state index contributed by atoms with van der Waals surface area (Å²) in [6, 6.07) is 23.4. The second kappa shape index (κ2) is 17.8. The van der Waals surface area contributed by atoms with Crippen molar-refractivity contribution in [3.8, 4) is 33.6 Å². The van der Waals surface area contributed by atoms with E-state index in [1.807, 2.05) is 42.0 Å². The zero-order chi connectivity index (χ0) is 41.8. The average Bonchev–Trinajstić information content (AvgIpc) is 4.10. The molecule has 2 aliphatic rings. The quantitative estimate of drug-likeness (QED) is 0.101. The topological polar surface area (TPSA) is 171 Å². The highest BCUT2D eigenvalue weighted by Gasteiger charge is 2.39. The number of methoxy groups -OCH3 is 3. The maximum absolute atomic E-state index is 13.7. The highest BCUT2D eigenvalue weighted by Crippen LogP contribution is 2.36. The van der Waals surface area contributed by atoms with Gasteiger partial charge in [0.05, 0.1) is 44.3 Å². The van der Waals surface area contributed by atoms with E-state index in [2.05, 4.69) is 81.3 Å². The lowest BCUT2D eigenvalue weighted by Gasteiger charge is -2.31. The summed E-state index contributed by atoms with van der Waals surface area (Å²) < 4.78 is 15.0. The van der Waals surface area contributed by atoms with Gasteiger partial charge in [0.2, 0.25) is 11.8 Å². The van der Waals surface area contributed by atoms with Crippen molar-refractivity contribution >= 4 is 34.8 Å². The minimum atomic E-state index is -0.867. The Balaban J connectivity index is 1.02. The molecule has 4 N–H and O–H groups in total. The molecular formula is C45H53N7O7. The second-order valence-electron chi connectivity index (χ2n) is 15.7. The zero-order valence-corrected chi connectivity index (χ0v) is 34.4. The lowest BCUT2D eigenvalue weighted by atomic mass is 9.98. The number of likely N-dealkylation sites (tertiary alicyclic amines) is 2. The van der Waals surface area contributed by atoms with Gasteiger partial charge in [-0.3, -0.25) is 9.59 Å². The monoisotopic (exact) mass is 803 g/mol. The fourth-order valence-electron chi connectivity index (χ4n) is 8.29. The van der Waals surface area contributed by atoms with Crippen molar-refractivity contribution in [2.45, 2.75) is 76.7 Å². The number of amides is 4. The molecule has 5 aromatic rings. The first-order valence-electron chi connectivity index (χ1n) is 20.2. The van der Waals surface area contributed by atoms with Crippen molar-refractivity contribution in [2.75, 3.05) is 34.4 Å². The first-order chi connectivity index (χ1) is 28.5. The first kappa shape index (κ1) is 41.0. The van der Waals surface area contributed by atoms with E-state index >= 15 is 0 Å². The molecule has 59 heavy (non-hydrogen) atoms. The van der Waals surface area contributed by atoms with Gasteiger partial charge in [0.1, 0.15) is 17.9 Å².